The SMILES string of the molecule is C=CC(C)(O)C=CC=C(C)CCCC(C)C. The molecule has 0 aliphatic heterocycles. The first-order valence-corrected chi connectivity index (χ1v) is 6.08. The Morgan fingerprint density at radius 3 is 2.56 bits per heavy atom. The minimum absolute atomic E-state index is 0.782. The average molecular weight is 222 g/mol. The van der Waals surface area contributed by atoms with E-state index in [2.05, 4.69) is 33.4 Å². The van der Waals surface area contributed by atoms with E-state index < -0.39 is 5.60 Å². The molecule has 0 aromatic rings. The standard InChI is InChI=1S/C15H26O/c1-6-15(5,16)12-8-11-14(4)10-7-9-13(2)3/h6,8,11-13,16H,1,7,9-10H2,2-5H3. The molecule has 92 valence electrons. The second kappa shape index (κ2) is 7.45. The van der Waals surface area contributed by atoms with Crippen LogP contribution in [0, 0.1) is 5.92 Å². The monoisotopic (exact) mass is 222 g/mol. The molecule has 0 aromatic heterocycles. The fraction of sp³-hybridized carbons (Fsp3) is 0.600. The molecule has 16 heavy (non-hydrogen) atoms. The van der Waals surface area contributed by atoms with Crippen LogP contribution in [0.1, 0.15) is 47.0 Å². The van der Waals surface area contributed by atoms with Gasteiger partial charge in [-0.2, -0.15) is 0 Å². The zero-order chi connectivity index (χ0) is 12.6. The molecule has 0 aromatic carbocycles. The molecule has 1 N–H and O–H groups in total. The van der Waals surface area contributed by atoms with Crippen LogP contribution in [0.15, 0.2) is 36.5 Å². The molecule has 0 aliphatic rings. The molecule has 0 saturated heterocycles. The van der Waals surface area contributed by atoms with E-state index in [-0.39, 0.29) is 0 Å². The van der Waals surface area contributed by atoms with Crippen molar-refractivity contribution in [2.45, 2.75) is 52.6 Å². The van der Waals surface area contributed by atoms with Crippen LogP contribution in [0.2, 0.25) is 0 Å². The Balaban J connectivity index is 4.00. The van der Waals surface area contributed by atoms with Crippen molar-refractivity contribution in [3.8, 4) is 0 Å². The van der Waals surface area contributed by atoms with Crippen LogP contribution in [-0.2, 0) is 0 Å². The van der Waals surface area contributed by atoms with E-state index in [0.717, 1.165) is 12.3 Å². The van der Waals surface area contributed by atoms with E-state index in [1.807, 2.05) is 6.08 Å². The molecule has 0 saturated carbocycles. The molecule has 1 unspecified atom stereocenters. The molecule has 0 rings (SSSR count). The highest BCUT2D eigenvalue weighted by Gasteiger charge is 2.07. The lowest BCUT2D eigenvalue weighted by Crippen LogP contribution is -2.15. The van der Waals surface area contributed by atoms with Crippen LogP contribution >= 0.6 is 0 Å². The Kier molecular flexibility index (Phi) is 7.07. The smallest absolute Gasteiger partial charge is 0.0980 e. The molecule has 1 nitrogen and oxygen atoms in total. The van der Waals surface area contributed by atoms with Gasteiger partial charge < -0.3 is 5.11 Å². The maximum absolute atomic E-state index is 9.65. The molecule has 1 heteroatoms. The fourth-order valence-corrected chi connectivity index (χ4v) is 1.35. The Labute approximate surface area is 101 Å². The van der Waals surface area contributed by atoms with E-state index >= 15 is 0 Å². The second-order valence-electron chi connectivity index (χ2n) is 5.09. The van der Waals surface area contributed by atoms with Gasteiger partial charge in [0.1, 0.15) is 0 Å². The van der Waals surface area contributed by atoms with Gasteiger partial charge in [0, 0.05) is 0 Å². The van der Waals surface area contributed by atoms with E-state index in [9.17, 15) is 5.11 Å². The van der Waals surface area contributed by atoms with Crippen LogP contribution in [0.5, 0.6) is 0 Å². The van der Waals surface area contributed by atoms with Gasteiger partial charge in [-0.05, 0) is 38.7 Å². The summed E-state index contributed by atoms with van der Waals surface area (Å²) in [5.74, 6) is 0.782. The Bertz CT molecular complexity index is 257. The Morgan fingerprint density at radius 2 is 2.06 bits per heavy atom. The molecule has 0 heterocycles. The van der Waals surface area contributed by atoms with E-state index in [0.29, 0.717) is 0 Å². The van der Waals surface area contributed by atoms with Gasteiger partial charge in [-0.3, -0.25) is 0 Å². The molecule has 0 amide bonds. The van der Waals surface area contributed by atoms with Crippen LogP contribution < -0.4 is 0 Å². The van der Waals surface area contributed by atoms with Gasteiger partial charge in [-0.15, -0.1) is 0 Å². The van der Waals surface area contributed by atoms with Gasteiger partial charge in [0.15, 0.2) is 0 Å². The summed E-state index contributed by atoms with van der Waals surface area (Å²) in [7, 11) is 0. The summed E-state index contributed by atoms with van der Waals surface area (Å²) in [5.41, 5.74) is 0.464. The average Bonchev–Trinajstić information content (AvgIpc) is 2.17. The van der Waals surface area contributed by atoms with Crippen molar-refractivity contribution in [2.75, 3.05) is 0 Å². The predicted molar refractivity (Wildman–Crippen MR) is 72.4 cm³/mol. The maximum Gasteiger partial charge on any atom is 0.0980 e. The largest absolute Gasteiger partial charge is 0.382 e. The number of hydrogen-bond donors (Lipinski definition) is 1. The van der Waals surface area contributed by atoms with Gasteiger partial charge in [0.05, 0.1) is 5.60 Å². The van der Waals surface area contributed by atoms with E-state index in [1.165, 1.54) is 24.5 Å². The molecule has 0 aliphatic carbocycles. The molecule has 0 fully saturated rings. The highest BCUT2D eigenvalue weighted by atomic mass is 16.3. The summed E-state index contributed by atoms with van der Waals surface area (Å²) in [4.78, 5) is 0. The lowest BCUT2D eigenvalue weighted by molar-refractivity contribution is 0.164. The van der Waals surface area contributed by atoms with Gasteiger partial charge in [0.25, 0.3) is 0 Å². The molecule has 0 spiro atoms. The highest BCUT2D eigenvalue weighted by molar-refractivity contribution is 5.17. The number of hydrogen-bond acceptors (Lipinski definition) is 1. The Morgan fingerprint density at radius 1 is 1.44 bits per heavy atom. The third kappa shape index (κ3) is 8.49. The van der Waals surface area contributed by atoms with Crippen LogP contribution in [0.25, 0.3) is 0 Å². The summed E-state index contributed by atoms with van der Waals surface area (Å²) < 4.78 is 0. The van der Waals surface area contributed by atoms with Crippen molar-refractivity contribution in [1.29, 1.82) is 0 Å². The molecule has 0 radical (unpaired) electrons. The van der Waals surface area contributed by atoms with Crippen molar-refractivity contribution in [3.05, 3.63) is 36.5 Å². The lowest BCUT2D eigenvalue weighted by atomic mass is 10.0. The number of allylic oxidation sites excluding steroid dienone is 3. The summed E-state index contributed by atoms with van der Waals surface area (Å²) in [6.45, 7) is 11.9. The summed E-state index contributed by atoms with van der Waals surface area (Å²) in [6.07, 6.45) is 10.9. The predicted octanol–water partition coefficient (Wildman–Crippen LogP) is 4.25. The van der Waals surface area contributed by atoms with Gasteiger partial charge in [-0.25, -0.2) is 0 Å². The fourth-order valence-electron chi connectivity index (χ4n) is 1.35. The quantitative estimate of drug-likeness (QED) is 0.504. The van der Waals surface area contributed by atoms with Crippen molar-refractivity contribution in [2.24, 2.45) is 5.92 Å². The van der Waals surface area contributed by atoms with Crippen molar-refractivity contribution >= 4 is 0 Å². The third-order valence-electron chi connectivity index (χ3n) is 2.58. The number of aliphatic hydroxyl groups is 1. The van der Waals surface area contributed by atoms with Crippen LogP contribution in [-0.4, -0.2) is 10.7 Å². The molecular formula is C15H26O. The minimum Gasteiger partial charge on any atom is -0.382 e. The van der Waals surface area contributed by atoms with Gasteiger partial charge in [-0.1, -0.05) is 50.6 Å². The van der Waals surface area contributed by atoms with E-state index in [1.54, 1.807) is 13.0 Å². The first-order valence-electron chi connectivity index (χ1n) is 6.08. The first-order chi connectivity index (χ1) is 7.37. The summed E-state index contributed by atoms with van der Waals surface area (Å²) >= 11 is 0. The van der Waals surface area contributed by atoms with Crippen molar-refractivity contribution in [1.82, 2.24) is 0 Å². The van der Waals surface area contributed by atoms with Crippen LogP contribution in [0.3, 0.4) is 0 Å². The summed E-state index contributed by atoms with van der Waals surface area (Å²) in [6, 6.07) is 0. The van der Waals surface area contributed by atoms with Crippen molar-refractivity contribution < 1.29 is 5.11 Å². The zero-order valence-electron chi connectivity index (χ0n) is 11.2. The maximum atomic E-state index is 9.65. The van der Waals surface area contributed by atoms with Gasteiger partial charge >= 0.3 is 0 Å². The summed E-state index contributed by atoms with van der Waals surface area (Å²) in [5, 5.41) is 9.65. The molecule has 1 atom stereocenters. The zero-order valence-corrected chi connectivity index (χ0v) is 11.2. The van der Waals surface area contributed by atoms with Gasteiger partial charge in [0.2, 0.25) is 0 Å². The third-order valence-corrected chi connectivity index (χ3v) is 2.58. The first kappa shape index (κ1) is 15.2. The van der Waals surface area contributed by atoms with Crippen LogP contribution in [0.4, 0.5) is 0 Å². The topological polar surface area (TPSA) is 20.2 Å². The number of rotatable bonds is 7. The minimum atomic E-state index is -0.894. The Hall–Kier alpha value is -0.820. The lowest BCUT2D eigenvalue weighted by Gasteiger charge is -2.11. The van der Waals surface area contributed by atoms with E-state index in [4.69, 9.17) is 0 Å². The molecule has 0 bridgehead atoms. The highest BCUT2D eigenvalue weighted by Crippen LogP contribution is 2.12. The van der Waals surface area contributed by atoms with Crippen molar-refractivity contribution in [3.63, 3.8) is 0 Å². The normalized spacial score (nSPS) is 16.8. The second-order valence-corrected chi connectivity index (χ2v) is 5.09. The molecular weight excluding hydrogens is 196 g/mol.